The van der Waals surface area contributed by atoms with Crippen LogP contribution >= 0.6 is 11.6 Å². The average Bonchev–Trinajstić information content (AvgIpc) is 2.94. The maximum atomic E-state index is 15.0. The largest absolute Gasteiger partial charge is 0.507 e. The van der Waals surface area contributed by atoms with Crippen LogP contribution in [0.1, 0.15) is 38.1 Å². The molecular formula is C26H33ClFN5O3. The molecule has 1 aromatic carbocycles. The molecule has 1 amide bonds. The number of likely N-dealkylation sites (N-methyl/N-ethyl adjacent to an activating group) is 1. The first kappa shape index (κ1) is 25.0. The molecule has 2 N–H and O–H groups in total. The molecular weight excluding hydrogens is 485 g/mol. The summed E-state index contributed by atoms with van der Waals surface area (Å²) in [5.41, 5.74) is -0.502. The van der Waals surface area contributed by atoms with Gasteiger partial charge >= 0.3 is 0 Å². The highest BCUT2D eigenvalue weighted by molar-refractivity contribution is 6.35. The molecule has 10 heteroatoms. The number of piperazine rings is 2. The van der Waals surface area contributed by atoms with Crippen molar-refractivity contribution in [2.24, 2.45) is 0 Å². The second-order valence-corrected chi connectivity index (χ2v) is 11.0. The van der Waals surface area contributed by atoms with Crippen molar-refractivity contribution in [1.29, 1.82) is 0 Å². The second-order valence-electron chi connectivity index (χ2n) is 10.7. The zero-order chi connectivity index (χ0) is 25.8. The van der Waals surface area contributed by atoms with E-state index in [1.807, 2.05) is 11.8 Å². The lowest BCUT2D eigenvalue weighted by Gasteiger charge is -2.47. The van der Waals surface area contributed by atoms with Crippen molar-refractivity contribution >= 4 is 23.3 Å². The number of phenolic OH excluding ortho intramolecular Hbond substituents is 1. The lowest BCUT2D eigenvalue weighted by Crippen LogP contribution is -2.63. The van der Waals surface area contributed by atoms with Crippen molar-refractivity contribution in [3.05, 3.63) is 34.6 Å². The minimum atomic E-state index is -0.653. The Bertz CT molecular complexity index is 1190. The van der Waals surface area contributed by atoms with Crippen LogP contribution in [-0.2, 0) is 0 Å². The van der Waals surface area contributed by atoms with E-state index in [1.165, 1.54) is 18.2 Å². The summed E-state index contributed by atoms with van der Waals surface area (Å²) < 4.78 is 21.3. The van der Waals surface area contributed by atoms with E-state index in [4.69, 9.17) is 21.3 Å². The maximum Gasteiger partial charge on any atom is 0.262 e. The molecule has 0 spiro atoms. The molecule has 36 heavy (non-hydrogen) atoms. The topological polar surface area (TPSA) is 81.2 Å². The van der Waals surface area contributed by atoms with Crippen molar-refractivity contribution in [1.82, 2.24) is 20.1 Å². The van der Waals surface area contributed by atoms with Crippen molar-refractivity contribution in [3.8, 4) is 22.8 Å². The van der Waals surface area contributed by atoms with Crippen molar-refractivity contribution in [2.75, 3.05) is 57.3 Å². The number of fused-ring (bicyclic) bond motifs is 2. The number of rotatable bonds is 3. The van der Waals surface area contributed by atoms with Gasteiger partial charge in [-0.1, -0.05) is 24.6 Å². The van der Waals surface area contributed by atoms with E-state index in [0.717, 1.165) is 13.1 Å². The maximum absolute atomic E-state index is 15.0. The van der Waals surface area contributed by atoms with Gasteiger partial charge in [-0.05, 0) is 39.4 Å². The molecule has 0 saturated carbocycles. The second kappa shape index (κ2) is 9.04. The lowest BCUT2D eigenvalue weighted by atomic mass is 9.96. The monoisotopic (exact) mass is 517 g/mol. The van der Waals surface area contributed by atoms with Gasteiger partial charge in [-0.3, -0.25) is 9.69 Å². The normalized spacial score (nSPS) is 24.1. The SMILES string of the molecule is CCN1CCN(c2nc(-c3c(O)cccc3F)c(Cl)c3c2C(=O)N2CCNC[C@]2(C)CO3)CC1(C)C. The zero-order valence-electron chi connectivity index (χ0n) is 21.2. The Morgan fingerprint density at radius 3 is 2.69 bits per heavy atom. The van der Waals surface area contributed by atoms with Crippen LogP contribution < -0.4 is 15.0 Å². The number of carbonyl (C=O) groups is 1. The smallest absolute Gasteiger partial charge is 0.262 e. The van der Waals surface area contributed by atoms with Crippen LogP contribution in [-0.4, -0.2) is 89.3 Å². The summed E-state index contributed by atoms with van der Waals surface area (Å²) in [6.45, 7) is 13.4. The molecule has 0 aliphatic carbocycles. The number of pyridine rings is 1. The van der Waals surface area contributed by atoms with Crippen molar-refractivity contribution < 1.29 is 19.0 Å². The number of hydrogen-bond donors (Lipinski definition) is 2. The molecule has 3 aliphatic rings. The predicted octanol–water partition coefficient (Wildman–Crippen LogP) is 3.36. The van der Waals surface area contributed by atoms with Gasteiger partial charge in [0, 0.05) is 44.8 Å². The first-order chi connectivity index (χ1) is 17.1. The number of phenols is 1. The standard InChI is InChI=1S/C26H33ClFN5O3/c1-5-32-12-11-31(14-25(32,2)3)23-19-22(36-15-26(4)13-29-9-10-33(26)24(19)35)20(27)21(30-23)18-16(28)7-6-8-17(18)34/h6-8,29,34H,5,9-15H2,1-4H3/t26-/m1/s1. The van der Waals surface area contributed by atoms with E-state index < -0.39 is 11.4 Å². The summed E-state index contributed by atoms with van der Waals surface area (Å²) in [6.07, 6.45) is 0. The van der Waals surface area contributed by atoms with E-state index in [0.29, 0.717) is 44.1 Å². The van der Waals surface area contributed by atoms with Gasteiger partial charge < -0.3 is 25.0 Å². The molecule has 5 rings (SSSR count). The summed E-state index contributed by atoms with van der Waals surface area (Å²) in [7, 11) is 0. The predicted molar refractivity (Wildman–Crippen MR) is 138 cm³/mol. The van der Waals surface area contributed by atoms with Crippen LogP contribution in [0.15, 0.2) is 18.2 Å². The molecule has 2 fully saturated rings. The molecule has 4 heterocycles. The molecule has 8 nitrogen and oxygen atoms in total. The van der Waals surface area contributed by atoms with Gasteiger partial charge in [-0.25, -0.2) is 9.37 Å². The van der Waals surface area contributed by atoms with Crippen LogP contribution in [0.4, 0.5) is 10.2 Å². The van der Waals surface area contributed by atoms with Crippen molar-refractivity contribution in [3.63, 3.8) is 0 Å². The molecule has 1 aromatic heterocycles. The van der Waals surface area contributed by atoms with Gasteiger partial charge in [-0.15, -0.1) is 0 Å². The molecule has 0 radical (unpaired) electrons. The zero-order valence-corrected chi connectivity index (χ0v) is 22.0. The highest BCUT2D eigenvalue weighted by Gasteiger charge is 2.46. The van der Waals surface area contributed by atoms with Crippen LogP contribution in [0.3, 0.4) is 0 Å². The lowest BCUT2D eigenvalue weighted by molar-refractivity contribution is 0.0317. The fraction of sp³-hybridized carbons (Fsp3) is 0.538. The number of benzene rings is 1. The van der Waals surface area contributed by atoms with Gasteiger partial charge in [0.2, 0.25) is 0 Å². The molecule has 194 valence electrons. The summed E-state index contributed by atoms with van der Waals surface area (Å²) in [5.74, 6) is -0.532. The van der Waals surface area contributed by atoms with E-state index in [2.05, 4.69) is 35.9 Å². The third-order valence-electron chi connectivity index (χ3n) is 7.72. The Morgan fingerprint density at radius 2 is 2.00 bits per heavy atom. The number of anilines is 1. The molecule has 3 aliphatic heterocycles. The number of aromatic hydroxyl groups is 1. The Balaban J connectivity index is 1.73. The minimum absolute atomic E-state index is 0.0189. The van der Waals surface area contributed by atoms with Crippen molar-refractivity contribution in [2.45, 2.75) is 38.8 Å². The summed E-state index contributed by atoms with van der Waals surface area (Å²) in [4.78, 5) is 25.2. The summed E-state index contributed by atoms with van der Waals surface area (Å²) in [5, 5.41) is 13.9. The van der Waals surface area contributed by atoms with Gasteiger partial charge in [0.15, 0.2) is 5.75 Å². The fourth-order valence-electron chi connectivity index (χ4n) is 5.71. The van der Waals surface area contributed by atoms with Gasteiger partial charge in [0.05, 0.1) is 11.1 Å². The Hall–Kier alpha value is -2.62. The van der Waals surface area contributed by atoms with Gasteiger partial charge in [0.1, 0.15) is 40.3 Å². The number of amides is 1. The summed E-state index contributed by atoms with van der Waals surface area (Å²) in [6, 6.07) is 4.06. The fourth-order valence-corrected chi connectivity index (χ4v) is 5.99. The Morgan fingerprint density at radius 1 is 1.22 bits per heavy atom. The van der Waals surface area contributed by atoms with Crippen LogP contribution in [0, 0.1) is 5.82 Å². The third kappa shape index (κ3) is 3.97. The molecule has 1 atom stereocenters. The highest BCUT2D eigenvalue weighted by Crippen LogP contribution is 2.47. The van der Waals surface area contributed by atoms with E-state index in [9.17, 15) is 14.3 Å². The number of nitrogens with zero attached hydrogens (tertiary/aromatic N) is 4. The minimum Gasteiger partial charge on any atom is -0.507 e. The Labute approximate surface area is 216 Å². The molecule has 0 unspecified atom stereocenters. The number of hydrogen-bond acceptors (Lipinski definition) is 7. The molecule has 2 aromatic rings. The molecule has 0 bridgehead atoms. The number of nitrogens with one attached hydrogen (secondary N) is 1. The summed E-state index contributed by atoms with van der Waals surface area (Å²) >= 11 is 6.82. The van der Waals surface area contributed by atoms with E-state index in [-0.39, 0.29) is 45.8 Å². The first-order valence-electron chi connectivity index (χ1n) is 12.4. The third-order valence-corrected chi connectivity index (χ3v) is 8.07. The number of carbonyl (C=O) groups excluding carboxylic acids is 1. The van der Waals surface area contributed by atoms with Gasteiger partial charge in [-0.2, -0.15) is 0 Å². The van der Waals surface area contributed by atoms with Crippen LogP contribution in [0.25, 0.3) is 11.3 Å². The van der Waals surface area contributed by atoms with E-state index >= 15 is 0 Å². The average molecular weight is 518 g/mol. The van der Waals surface area contributed by atoms with E-state index in [1.54, 1.807) is 0 Å². The Kier molecular flexibility index (Phi) is 6.29. The van der Waals surface area contributed by atoms with Crippen LogP contribution in [0.2, 0.25) is 5.02 Å². The molecule has 2 saturated heterocycles. The first-order valence-corrected chi connectivity index (χ1v) is 12.8. The number of ether oxygens (including phenoxy) is 1. The van der Waals surface area contributed by atoms with Crippen LogP contribution in [0.5, 0.6) is 11.5 Å². The highest BCUT2D eigenvalue weighted by atomic mass is 35.5. The quantitative estimate of drug-likeness (QED) is 0.646. The number of aromatic nitrogens is 1. The van der Waals surface area contributed by atoms with Gasteiger partial charge in [0.25, 0.3) is 5.91 Å². The number of halogens is 2.